The zero-order valence-electron chi connectivity index (χ0n) is 15.9. The number of anilines is 2. The fraction of sp³-hybridized carbons (Fsp3) is 0.273. The van der Waals surface area contributed by atoms with Crippen LogP contribution in [0.25, 0.3) is 6.08 Å². The fourth-order valence-electron chi connectivity index (χ4n) is 2.93. The van der Waals surface area contributed by atoms with Crippen LogP contribution in [0.4, 0.5) is 11.4 Å². The maximum Gasteiger partial charge on any atom is 0.261 e. The lowest BCUT2D eigenvalue weighted by atomic mass is 10.1. The smallest absolute Gasteiger partial charge is 0.261 e. The minimum Gasteiger partial charge on any atom is -0.494 e. The van der Waals surface area contributed by atoms with E-state index in [1.54, 1.807) is 30.3 Å². The van der Waals surface area contributed by atoms with Crippen molar-refractivity contribution in [2.75, 3.05) is 30.5 Å². The molecule has 0 saturated carbocycles. The van der Waals surface area contributed by atoms with Crippen LogP contribution in [-0.2, 0) is 9.59 Å². The van der Waals surface area contributed by atoms with Gasteiger partial charge >= 0.3 is 0 Å². The van der Waals surface area contributed by atoms with E-state index in [4.69, 9.17) is 4.74 Å². The molecule has 0 N–H and O–H groups in total. The Morgan fingerprint density at radius 2 is 1.70 bits per heavy atom. The van der Waals surface area contributed by atoms with Crippen molar-refractivity contribution in [3.8, 4) is 5.75 Å². The summed E-state index contributed by atoms with van der Waals surface area (Å²) >= 11 is 0. The molecule has 0 spiro atoms. The van der Waals surface area contributed by atoms with E-state index in [2.05, 4.69) is 0 Å². The van der Waals surface area contributed by atoms with Crippen LogP contribution >= 0.6 is 0 Å². The van der Waals surface area contributed by atoms with E-state index in [1.807, 2.05) is 50.2 Å². The molecular weight excluding hydrogens is 340 g/mol. The first-order valence-electron chi connectivity index (χ1n) is 9.07. The van der Waals surface area contributed by atoms with Crippen molar-refractivity contribution in [1.82, 2.24) is 0 Å². The third-order valence-corrected chi connectivity index (χ3v) is 4.39. The molecule has 140 valence electrons. The summed E-state index contributed by atoms with van der Waals surface area (Å²) in [6.07, 6.45) is 2.83. The standard InChI is InChI=1S/C22H24N2O3/c1-4-13-27-20-11-9-19(10-12-20)24-21(25)15-17(22(24)26)14-16-5-7-18(8-6-16)23(2)3/h5-12,14H,4,13,15H2,1-3H3/b17-14-. The zero-order chi connectivity index (χ0) is 19.4. The number of imide groups is 1. The van der Waals surface area contributed by atoms with Crippen LogP contribution < -0.4 is 14.5 Å². The van der Waals surface area contributed by atoms with Crippen LogP contribution in [0.3, 0.4) is 0 Å². The summed E-state index contributed by atoms with van der Waals surface area (Å²) in [6, 6.07) is 14.9. The van der Waals surface area contributed by atoms with Gasteiger partial charge in [-0.05, 0) is 54.5 Å². The van der Waals surface area contributed by atoms with Gasteiger partial charge in [0, 0.05) is 25.4 Å². The maximum absolute atomic E-state index is 12.8. The summed E-state index contributed by atoms with van der Waals surface area (Å²) in [7, 11) is 3.95. The second-order valence-electron chi connectivity index (χ2n) is 6.71. The summed E-state index contributed by atoms with van der Waals surface area (Å²) < 4.78 is 5.55. The van der Waals surface area contributed by atoms with Gasteiger partial charge in [-0.3, -0.25) is 9.59 Å². The van der Waals surface area contributed by atoms with Crippen molar-refractivity contribution in [3.05, 3.63) is 59.7 Å². The number of nitrogens with zero attached hydrogens (tertiary/aromatic N) is 2. The van der Waals surface area contributed by atoms with Gasteiger partial charge in [0.15, 0.2) is 0 Å². The monoisotopic (exact) mass is 364 g/mol. The van der Waals surface area contributed by atoms with Crippen LogP contribution in [0.1, 0.15) is 25.3 Å². The highest BCUT2D eigenvalue weighted by atomic mass is 16.5. The molecule has 27 heavy (non-hydrogen) atoms. The van der Waals surface area contributed by atoms with E-state index in [0.29, 0.717) is 17.9 Å². The maximum atomic E-state index is 12.8. The number of benzene rings is 2. The Balaban J connectivity index is 1.78. The SMILES string of the molecule is CCCOc1ccc(N2C(=O)C/C(=C/c3ccc(N(C)C)cc3)C2=O)cc1. The third kappa shape index (κ3) is 4.19. The Morgan fingerprint density at radius 1 is 1.04 bits per heavy atom. The Kier molecular flexibility index (Phi) is 5.60. The molecule has 0 aromatic heterocycles. The van der Waals surface area contributed by atoms with Gasteiger partial charge < -0.3 is 9.64 Å². The van der Waals surface area contributed by atoms with E-state index < -0.39 is 0 Å². The molecule has 0 aliphatic carbocycles. The molecule has 5 heteroatoms. The van der Waals surface area contributed by atoms with Crippen LogP contribution in [0.5, 0.6) is 5.75 Å². The van der Waals surface area contributed by atoms with E-state index in [9.17, 15) is 9.59 Å². The minimum absolute atomic E-state index is 0.113. The topological polar surface area (TPSA) is 49.9 Å². The lowest BCUT2D eigenvalue weighted by Gasteiger charge is -2.14. The van der Waals surface area contributed by atoms with Gasteiger partial charge in [0.05, 0.1) is 18.7 Å². The van der Waals surface area contributed by atoms with Crippen molar-refractivity contribution in [1.29, 1.82) is 0 Å². The largest absolute Gasteiger partial charge is 0.494 e. The number of hydrogen-bond acceptors (Lipinski definition) is 4. The molecule has 2 aromatic rings. The first-order chi connectivity index (χ1) is 13.0. The average molecular weight is 364 g/mol. The van der Waals surface area contributed by atoms with Crippen molar-refractivity contribution < 1.29 is 14.3 Å². The lowest BCUT2D eigenvalue weighted by molar-refractivity contribution is -0.120. The summed E-state index contributed by atoms with van der Waals surface area (Å²) in [5.41, 5.74) is 3.06. The highest BCUT2D eigenvalue weighted by Crippen LogP contribution is 2.29. The van der Waals surface area contributed by atoms with Gasteiger partial charge in [-0.15, -0.1) is 0 Å². The molecule has 5 nitrogen and oxygen atoms in total. The molecule has 0 unspecified atom stereocenters. The highest BCUT2D eigenvalue weighted by Gasteiger charge is 2.34. The molecule has 1 heterocycles. The Hall–Kier alpha value is -3.08. The van der Waals surface area contributed by atoms with Crippen LogP contribution in [-0.4, -0.2) is 32.5 Å². The van der Waals surface area contributed by atoms with Gasteiger partial charge in [-0.1, -0.05) is 19.1 Å². The van der Waals surface area contributed by atoms with Gasteiger partial charge in [0.25, 0.3) is 5.91 Å². The van der Waals surface area contributed by atoms with Gasteiger partial charge in [-0.25, -0.2) is 4.90 Å². The van der Waals surface area contributed by atoms with E-state index in [0.717, 1.165) is 23.4 Å². The van der Waals surface area contributed by atoms with Crippen LogP contribution in [0.2, 0.25) is 0 Å². The molecule has 1 fully saturated rings. The molecule has 1 aliphatic rings. The van der Waals surface area contributed by atoms with Gasteiger partial charge in [-0.2, -0.15) is 0 Å². The Morgan fingerprint density at radius 3 is 2.30 bits per heavy atom. The quantitative estimate of drug-likeness (QED) is 0.576. The molecule has 1 aliphatic heterocycles. The number of amides is 2. The average Bonchev–Trinajstić information content (AvgIpc) is 2.94. The van der Waals surface area contributed by atoms with E-state index in [1.165, 1.54) is 4.90 Å². The summed E-state index contributed by atoms with van der Waals surface area (Å²) in [4.78, 5) is 28.4. The van der Waals surface area contributed by atoms with E-state index in [-0.39, 0.29) is 18.2 Å². The van der Waals surface area contributed by atoms with Crippen molar-refractivity contribution in [2.45, 2.75) is 19.8 Å². The molecular formula is C22H24N2O3. The fourth-order valence-corrected chi connectivity index (χ4v) is 2.93. The molecule has 0 atom stereocenters. The minimum atomic E-state index is -0.265. The Labute approximate surface area is 159 Å². The highest BCUT2D eigenvalue weighted by molar-refractivity contribution is 6.29. The van der Waals surface area contributed by atoms with Crippen molar-refractivity contribution in [3.63, 3.8) is 0 Å². The van der Waals surface area contributed by atoms with Crippen LogP contribution in [0.15, 0.2) is 54.1 Å². The number of carbonyl (C=O) groups is 2. The first-order valence-corrected chi connectivity index (χ1v) is 9.07. The lowest BCUT2D eigenvalue weighted by Crippen LogP contribution is -2.28. The van der Waals surface area contributed by atoms with Crippen molar-refractivity contribution in [2.24, 2.45) is 0 Å². The zero-order valence-corrected chi connectivity index (χ0v) is 15.9. The summed E-state index contributed by atoms with van der Waals surface area (Å²) in [6.45, 7) is 2.68. The van der Waals surface area contributed by atoms with Crippen molar-refractivity contribution >= 4 is 29.3 Å². The first kappa shape index (κ1) is 18.7. The number of rotatable bonds is 6. The molecule has 2 aromatic carbocycles. The third-order valence-electron chi connectivity index (χ3n) is 4.39. The normalized spacial score (nSPS) is 15.5. The predicted molar refractivity (Wildman–Crippen MR) is 108 cm³/mol. The van der Waals surface area contributed by atoms with E-state index >= 15 is 0 Å². The Bertz CT molecular complexity index is 852. The molecule has 3 rings (SSSR count). The molecule has 1 saturated heterocycles. The second kappa shape index (κ2) is 8.08. The predicted octanol–water partition coefficient (Wildman–Crippen LogP) is 3.89. The summed E-state index contributed by atoms with van der Waals surface area (Å²) in [5.74, 6) is 0.258. The second-order valence-corrected chi connectivity index (χ2v) is 6.71. The molecule has 0 bridgehead atoms. The molecule has 0 radical (unpaired) electrons. The van der Waals surface area contributed by atoms with Gasteiger partial charge in [0.2, 0.25) is 5.91 Å². The molecule has 2 amide bonds. The number of hydrogen-bond donors (Lipinski definition) is 0. The van der Waals surface area contributed by atoms with Crippen LogP contribution in [0, 0.1) is 0 Å². The van der Waals surface area contributed by atoms with Gasteiger partial charge in [0.1, 0.15) is 5.75 Å². The number of carbonyl (C=O) groups excluding carboxylic acids is 2. The number of ether oxygens (including phenoxy) is 1. The summed E-state index contributed by atoms with van der Waals surface area (Å²) in [5, 5.41) is 0.